The largest absolute Gasteiger partial charge is 0.490 e. The predicted molar refractivity (Wildman–Crippen MR) is 51.4 cm³/mol. The summed E-state index contributed by atoms with van der Waals surface area (Å²) in [5.41, 5.74) is 0. The number of fused-ring (bicyclic) bond motifs is 1. The number of ether oxygens (including phenoxy) is 4. The van der Waals surface area contributed by atoms with Gasteiger partial charge in [-0.25, -0.2) is 9.59 Å². The lowest BCUT2D eigenvalue weighted by Gasteiger charge is -2.18. The van der Waals surface area contributed by atoms with Gasteiger partial charge in [-0.15, -0.1) is 0 Å². The Bertz CT molecular complexity index is 418. The Kier molecular flexibility index (Phi) is 4.26. The van der Waals surface area contributed by atoms with Gasteiger partial charge in [-0.05, 0) is 0 Å². The summed E-state index contributed by atoms with van der Waals surface area (Å²) in [6.45, 7) is -1.03. The number of hydrogen-bond acceptors (Lipinski definition) is 6. The summed E-state index contributed by atoms with van der Waals surface area (Å²) in [4.78, 5) is 21.4. The molecule has 6 nitrogen and oxygen atoms in total. The zero-order valence-corrected chi connectivity index (χ0v) is 10.4. The number of hydrogen-bond donors (Lipinski definition) is 0. The van der Waals surface area contributed by atoms with Gasteiger partial charge in [0.25, 0.3) is 0 Å². The summed E-state index contributed by atoms with van der Waals surface area (Å²) >= 11 is 0. The van der Waals surface area contributed by atoms with Gasteiger partial charge in [0.05, 0.1) is 13.2 Å². The maximum atomic E-state index is 12.1. The van der Waals surface area contributed by atoms with Crippen LogP contribution in [0.1, 0.15) is 0 Å². The fourth-order valence-electron chi connectivity index (χ4n) is 2.04. The molecule has 0 N–H and O–H groups in total. The summed E-state index contributed by atoms with van der Waals surface area (Å²) in [6.07, 6.45) is -15.8. The van der Waals surface area contributed by atoms with Gasteiger partial charge in [-0.3, -0.25) is 0 Å². The number of alkyl halides is 6. The Morgan fingerprint density at radius 3 is 1.36 bits per heavy atom. The first-order chi connectivity index (χ1) is 10.00. The molecule has 0 amide bonds. The molecule has 0 saturated carbocycles. The summed E-state index contributed by atoms with van der Waals surface area (Å²) in [6, 6.07) is 0. The van der Waals surface area contributed by atoms with Crippen molar-refractivity contribution in [2.45, 2.75) is 36.8 Å². The van der Waals surface area contributed by atoms with Gasteiger partial charge in [0, 0.05) is 0 Å². The first kappa shape index (κ1) is 16.8. The van der Waals surface area contributed by atoms with Crippen molar-refractivity contribution in [3.8, 4) is 0 Å². The van der Waals surface area contributed by atoms with Crippen LogP contribution < -0.4 is 0 Å². The lowest BCUT2D eigenvalue weighted by atomic mass is 10.1. The van der Waals surface area contributed by atoms with Crippen LogP contribution in [0, 0.1) is 0 Å². The van der Waals surface area contributed by atoms with Gasteiger partial charge >= 0.3 is 24.3 Å². The van der Waals surface area contributed by atoms with Crippen LogP contribution in [-0.4, -0.2) is 61.9 Å². The molecule has 0 bridgehead atoms. The number of rotatable bonds is 2. The van der Waals surface area contributed by atoms with E-state index in [-0.39, 0.29) is 0 Å². The number of carbonyl (C=O) groups is 2. The monoisotopic (exact) mass is 338 g/mol. The first-order valence-electron chi connectivity index (χ1n) is 5.79. The Labute approximate surface area is 118 Å². The van der Waals surface area contributed by atoms with Crippen LogP contribution in [0.3, 0.4) is 0 Å². The highest BCUT2D eigenvalue weighted by Crippen LogP contribution is 2.33. The molecule has 2 aliphatic heterocycles. The molecule has 0 unspecified atom stereocenters. The van der Waals surface area contributed by atoms with Gasteiger partial charge in [-0.1, -0.05) is 0 Å². The van der Waals surface area contributed by atoms with Crippen LogP contribution in [0.15, 0.2) is 0 Å². The third kappa shape index (κ3) is 3.43. The highest BCUT2D eigenvalue weighted by molar-refractivity contribution is 5.76. The minimum Gasteiger partial charge on any atom is -0.450 e. The molecule has 4 atom stereocenters. The van der Waals surface area contributed by atoms with Crippen molar-refractivity contribution in [1.82, 2.24) is 0 Å². The standard InChI is InChI=1S/C10H8F6O6/c11-9(12,13)7(17)21-3-1-19-6-4(2-20-5(3)6)22-8(18)10(14,15)16/h3-6H,1-2H2/t3-,4-,5-,6-/m1/s1. The van der Waals surface area contributed by atoms with Crippen LogP contribution in [0.5, 0.6) is 0 Å². The molecule has 0 aromatic heterocycles. The van der Waals surface area contributed by atoms with Crippen LogP contribution in [0.2, 0.25) is 0 Å². The second-order valence-corrected chi connectivity index (χ2v) is 4.48. The van der Waals surface area contributed by atoms with Crippen molar-refractivity contribution in [2.24, 2.45) is 0 Å². The Morgan fingerprint density at radius 2 is 1.09 bits per heavy atom. The Hall–Kier alpha value is -1.56. The third-order valence-electron chi connectivity index (χ3n) is 2.94. The van der Waals surface area contributed by atoms with E-state index in [0.29, 0.717) is 0 Å². The van der Waals surface area contributed by atoms with Gasteiger partial charge in [0.1, 0.15) is 12.2 Å². The van der Waals surface area contributed by atoms with Crippen LogP contribution in [0.4, 0.5) is 26.3 Å². The van der Waals surface area contributed by atoms with Gasteiger partial charge < -0.3 is 18.9 Å². The molecular formula is C10H8F6O6. The van der Waals surface area contributed by atoms with Crippen molar-refractivity contribution in [2.75, 3.05) is 13.2 Å². The lowest BCUT2D eigenvalue weighted by Crippen LogP contribution is -2.39. The van der Waals surface area contributed by atoms with Crippen LogP contribution >= 0.6 is 0 Å². The molecule has 0 radical (unpaired) electrons. The normalized spacial score (nSPS) is 31.7. The number of carbonyl (C=O) groups excluding carboxylic acids is 2. The quantitative estimate of drug-likeness (QED) is 0.546. The van der Waals surface area contributed by atoms with Crippen molar-refractivity contribution in [1.29, 1.82) is 0 Å². The van der Waals surface area contributed by atoms with Crippen molar-refractivity contribution < 1.29 is 54.9 Å². The second-order valence-electron chi connectivity index (χ2n) is 4.48. The fourth-order valence-corrected chi connectivity index (χ4v) is 2.04. The summed E-state index contributed by atoms with van der Waals surface area (Å²) in [5, 5.41) is 0. The summed E-state index contributed by atoms with van der Waals surface area (Å²) in [7, 11) is 0. The predicted octanol–water partition coefficient (Wildman–Crippen LogP) is 0.732. The molecule has 0 aromatic rings. The summed E-state index contributed by atoms with van der Waals surface area (Å²) < 4.78 is 90.6. The number of esters is 2. The van der Waals surface area contributed by atoms with E-state index < -0.39 is 61.9 Å². The molecule has 2 saturated heterocycles. The van der Waals surface area contributed by atoms with Crippen molar-refractivity contribution in [3.63, 3.8) is 0 Å². The van der Waals surface area contributed by atoms with E-state index >= 15 is 0 Å². The van der Waals surface area contributed by atoms with E-state index in [0.717, 1.165) is 0 Å². The van der Waals surface area contributed by atoms with E-state index in [1.165, 1.54) is 0 Å². The molecule has 22 heavy (non-hydrogen) atoms. The molecule has 0 aromatic carbocycles. The average Bonchev–Trinajstić information content (AvgIpc) is 2.91. The molecule has 0 aliphatic carbocycles. The first-order valence-corrected chi connectivity index (χ1v) is 5.79. The molecule has 2 aliphatic rings. The van der Waals surface area contributed by atoms with E-state index in [1.807, 2.05) is 0 Å². The Balaban J connectivity index is 1.94. The molecule has 2 rings (SSSR count). The zero-order valence-electron chi connectivity index (χ0n) is 10.4. The lowest BCUT2D eigenvalue weighted by molar-refractivity contribution is -0.209. The highest BCUT2D eigenvalue weighted by Gasteiger charge is 2.55. The van der Waals surface area contributed by atoms with Crippen molar-refractivity contribution >= 4 is 11.9 Å². The minimum absolute atomic E-state index is 0.517. The SMILES string of the molecule is O=C(O[C@@H]1CO[C@H]2[C@@H]1OC[C@H]2OC(=O)C(F)(F)F)C(F)(F)F. The van der Waals surface area contributed by atoms with Gasteiger partial charge in [0.2, 0.25) is 0 Å². The number of halogens is 6. The van der Waals surface area contributed by atoms with E-state index in [9.17, 15) is 35.9 Å². The minimum atomic E-state index is -5.22. The summed E-state index contributed by atoms with van der Waals surface area (Å²) in [5.74, 6) is -4.94. The molecule has 2 heterocycles. The highest BCUT2D eigenvalue weighted by atomic mass is 19.4. The topological polar surface area (TPSA) is 71.1 Å². The smallest absolute Gasteiger partial charge is 0.450 e. The molecular weight excluding hydrogens is 330 g/mol. The van der Waals surface area contributed by atoms with E-state index in [4.69, 9.17) is 9.47 Å². The van der Waals surface area contributed by atoms with Crippen LogP contribution in [-0.2, 0) is 28.5 Å². The molecule has 12 heteroatoms. The molecule has 2 fully saturated rings. The maximum absolute atomic E-state index is 12.1. The zero-order chi connectivity index (χ0) is 16.7. The average molecular weight is 338 g/mol. The Morgan fingerprint density at radius 1 is 0.773 bits per heavy atom. The van der Waals surface area contributed by atoms with Crippen molar-refractivity contribution in [3.05, 3.63) is 0 Å². The molecule has 0 spiro atoms. The van der Waals surface area contributed by atoms with Gasteiger partial charge in [0.15, 0.2) is 12.2 Å². The van der Waals surface area contributed by atoms with Gasteiger partial charge in [-0.2, -0.15) is 26.3 Å². The second kappa shape index (κ2) is 5.57. The fraction of sp³-hybridized carbons (Fsp3) is 0.800. The third-order valence-corrected chi connectivity index (χ3v) is 2.94. The van der Waals surface area contributed by atoms with E-state index in [2.05, 4.69) is 9.47 Å². The van der Waals surface area contributed by atoms with Crippen LogP contribution in [0.25, 0.3) is 0 Å². The van der Waals surface area contributed by atoms with E-state index in [1.54, 1.807) is 0 Å². The maximum Gasteiger partial charge on any atom is 0.490 e. The molecule has 126 valence electrons.